The molecule has 0 radical (unpaired) electrons. The van der Waals surface area contributed by atoms with Gasteiger partial charge >= 0.3 is 6.18 Å². The van der Waals surface area contributed by atoms with Crippen LogP contribution in [0.4, 0.5) is 24.5 Å². The van der Waals surface area contributed by atoms with Crippen molar-refractivity contribution in [3.63, 3.8) is 0 Å². The number of carbonyl (C=O) groups excluding carboxylic acids is 1. The highest BCUT2D eigenvalue weighted by Crippen LogP contribution is 2.36. The maximum absolute atomic E-state index is 12.8. The first-order chi connectivity index (χ1) is 19.2. The predicted octanol–water partition coefficient (Wildman–Crippen LogP) is 8.32. The Morgan fingerprint density at radius 1 is 1.15 bits per heavy atom. The van der Waals surface area contributed by atoms with E-state index >= 15 is 0 Å². The van der Waals surface area contributed by atoms with Gasteiger partial charge in [0.2, 0.25) is 6.41 Å². The maximum atomic E-state index is 12.8. The number of ether oxygens (including phenoxy) is 1. The average molecular weight is 574 g/mol. The van der Waals surface area contributed by atoms with Crippen LogP contribution in [0.5, 0.6) is 0 Å². The van der Waals surface area contributed by atoms with Gasteiger partial charge in [0.1, 0.15) is 11.5 Å². The van der Waals surface area contributed by atoms with Crippen molar-refractivity contribution in [1.82, 2.24) is 5.32 Å². The lowest BCUT2D eigenvalue weighted by atomic mass is 10.1. The minimum Gasteiger partial charge on any atom is -0.376 e. The van der Waals surface area contributed by atoms with Crippen LogP contribution in [0.3, 0.4) is 0 Å². The standard InChI is InChI=1S/C16H20F3N.C15H18N2O2S/c1-4-7-14(16(17,18)19)10-12(3)20-15-9-6-8-13(5-2)11-15;18-10-17-13-3-1-2-12(8-13)14(15-16-6-7-20-15)19-9-11-4-5-11/h6-11,20H,4-5H2,1-3H3;1-3,6-8,10-11,14-16H,4-5,9H2,(H,17,18)/b12-10-,14-7-;. The molecule has 0 spiro atoms. The van der Waals surface area contributed by atoms with Crippen molar-refractivity contribution in [1.29, 1.82) is 0 Å². The Balaban J connectivity index is 0.000000220. The molecule has 2 aromatic rings. The fourth-order valence-electron chi connectivity index (χ4n) is 4.05. The van der Waals surface area contributed by atoms with Crippen LogP contribution in [0.15, 0.2) is 83.6 Å². The third kappa shape index (κ3) is 10.4. The van der Waals surface area contributed by atoms with Crippen LogP contribution >= 0.6 is 11.8 Å². The quantitative estimate of drug-likeness (QED) is 0.176. The number of amides is 1. The fraction of sp³-hybridized carbons (Fsp3) is 0.387. The van der Waals surface area contributed by atoms with E-state index in [1.165, 1.54) is 18.9 Å². The molecule has 1 aliphatic heterocycles. The molecule has 0 aromatic heterocycles. The molecule has 1 aliphatic carbocycles. The zero-order chi connectivity index (χ0) is 29.0. The number of alkyl halides is 3. The first-order valence-corrected chi connectivity index (χ1v) is 14.5. The molecular formula is C31H38F3N3O2S. The van der Waals surface area contributed by atoms with Gasteiger partial charge in [0, 0.05) is 23.3 Å². The molecule has 5 nitrogen and oxygen atoms in total. The third-order valence-electron chi connectivity index (χ3n) is 6.28. The number of carbonyl (C=O) groups is 1. The summed E-state index contributed by atoms with van der Waals surface area (Å²) in [6, 6.07) is 15.5. The molecule has 1 heterocycles. The number of nitrogens with one attached hydrogen (secondary N) is 3. The third-order valence-corrected chi connectivity index (χ3v) is 7.25. The molecule has 1 fully saturated rings. The van der Waals surface area contributed by atoms with E-state index in [0.29, 0.717) is 18.5 Å². The van der Waals surface area contributed by atoms with E-state index in [1.54, 1.807) is 25.6 Å². The average Bonchev–Trinajstić information content (AvgIpc) is 3.60. The molecule has 2 atom stereocenters. The van der Waals surface area contributed by atoms with Crippen LogP contribution < -0.4 is 16.0 Å². The molecule has 2 aromatic carbocycles. The monoisotopic (exact) mass is 573 g/mol. The van der Waals surface area contributed by atoms with Crippen molar-refractivity contribution in [2.45, 2.75) is 64.1 Å². The molecule has 1 saturated carbocycles. The molecule has 216 valence electrons. The molecule has 4 rings (SSSR count). The molecule has 9 heteroatoms. The van der Waals surface area contributed by atoms with Crippen LogP contribution in [0.25, 0.3) is 0 Å². The number of hydrogen-bond acceptors (Lipinski definition) is 5. The first kappa shape index (κ1) is 31.4. The van der Waals surface area contributed by atoms with E-state index in [2.05, 4.69) is 16.0 Å². The molecule has 2 aliphatic rings. The lowest BCUT2D eigenvalue weighted by molar-refractivity contribution is -0.105. The van der Waals surface area contributed by atoms with Crippen LogP contribution in [0, 0.1) is 5.92 Å². The van der Waals surface area contributed by atoms with Crippen LogP contribution in [-0.2, 0) is 16.0 Å². The van der Waals surface area contributed by atoms with Gasteiger partial charge in [-0.1, -0.05) is 44.2 Å². The number of benzene rings is 2. The van der Waals surface area contributed by atoms with Gasteiger partial charge in [0.05, 0.1) is 12.2 Å². The van der Waals surface area contributed by atoms with E-state index in [4.69, 9.17) is 4.74 Å². The maximum Gasteiger partial charge on any atom is 0.416 e. The summed E-state index contributed by atoms with van der Waals surface area (Å²) in [4.78, 5) is 10.6. The number of halogens is 3. The van der Waals surface area contributed by atoms with Gasteiger partial charge in [0.15, 0.2) is 0 Å². The second kappa shape index (κ2) is 15.6. The first-order valence-electron chi connectivity index (χ1n) is 13.5. The minimum absolute atomic E-state index is 0.0102. The van der Waals surface area contributed by atoms with Crippen LogP contribution in [-0.4, -0.2) is 24.6 Å². The Kier molecular flexibility index (Phi) is 12.2. The van der Waals surface area contributed by atoms with Gasteiger partial charge in [-0.25, -0.2) is 0 Å². The van der Waals surface area contributed by atoms with Crippen molar-refractivity contribution in [2.75, 3.05) is 17.2 Å². The van der Waals surface area contributed by atoms with Gasteiger partial charge in [-0.05, 0) is 85.4 Å². The molecule has 2 unspecified atom stereocenters. The summed E-state index contributed by atoms with van der Waals surface area (Å²) in [5, 5.41) is 11.2. The molecule has 0 bridgehead atoms. The summed E-state index contributed by atoms with van der Waals surface area (Å²) >= 11 is 1.73. The van der Waals surface area contributed by atoms with Gasteiger partial charge in [-0.15, -0.1) is 11.8 Å². The van der Waals surface area contributed by atoms with Crippen molar-refractivity contribution in [2.24, 2.45) is 5.92 Å². The Morgan fingerprint density at radius 3 is 2.52 bits per heavy atom. The van der Waals surface area contributed by atoms with E-state index in [9.17, 15) is 18.0 Å². The topological polar surface area (TPSA) is 62.4 Å². The number of hydrogen-bond donors (Lipinski definition) is 3. The normalized spacial score (nSPS) is 17.9. The van der Waals surface area contributed by atoms with Crippen molar-refractivity contribution in [3.8, 4) is 0 Å². The minimum atomic E-state index is -4.32. The van der Waals surface area contributed by atoms with Crippen molar-refractivity contribution in [3.05, 3.63) is 94.7 Å². The molecule has 1 amide bonds. The lowest BCUT2D eigenvalue weighted by Crippen LogP contribution is -2.27. The highest BCUT2D eigenvalue weighted by Gasteiger charge is 2.32. The summed E-state index contributed by atoms with van der Waals surface area (Å²) in [6.07, 6.45) is 4.46. The number of aryl methyl sites for hydroxylation is 1. The highest BCUT2D eigenvalue weighted by atomic mass is 32.2. The molecule has 40 heavy (non-hydrogen) atoms. The Bertz CT molecular complexity index is 1180. The van der Waals surface area contributed by atoms with E-state index < -0.39 is 11.7 Å². The number of thioether (sulfide) groups is 1. The zero-order valence-corrected chi connectivity index (χ0v) is 23.9. The molecule has 0 saturated heterocycles. The number of rotatable bonds is 12. The van der Waals surface area contributed by atoms with Gasteiger partial charge in [0.25, 0.3) is 0 Å². The Morgan fingerprint density at radius 2 is 1.90 bits per heavy atom. The summed E-state index contributed by atoms with van der Waals surface area (Å²) in [7, 11) is 0. The molecule has 3 N–H and O–H groups in total. The van der Waals surface area contributed by atoms with Crippen molar-refractivity contribution < 1.29 is 22.7 Å². The van der Waals surface area contributed by atoms with E-state index in [0.717, 1.165) is 47.5 Å². The smallest absolute Gasteiger partial charge is 0.376 e. The van der Waals surface area contributed by atoms with E-state index in [1.807, 2.05) is 67.1 Å². The SMILES string of the molecule is CC/C=C(/C=C(/C)Nc1cccc(CC)c1)C(F)(F)F.O=CNc1cccc(C(OCC2CC2)C2NC=CS2)c1. The van der Waals surface area contributed by atoms with Crippen LogP contribution in [0.2, 0.25) is 0 Å². The second-order valence-electron chi connectivity index (χ2n) is 9.68. The Labute approximate surface area is 239 Å². The summed E-state index contributed by atoms with van der Waals surface area (Å²) in [5.74, 6) is 0.730. The second-order valence-corrected chi connectivity index (χ2v) is 10.7. The summed E-state index contributed by atoms with van der Waals surface area (Å²) < 4.78 is 44.5. The number of allylic oxidation sites excluding steroid dienone is 4. The zero-order valence-electron chi connectivity index (χ0n) is 23.1. The predicted molar refractivity (Wildman–Crippen MR) is 159 cm³/mol. The summed E-state index contributed by atoms with van der Waals surface area (Å²) in [5.41, 5.74) is 3.69. The molecular weight excluding hydrogens is 535 g/mol. The van der Waals surface area contributed by atoms with Gasteiger partial charge in [-0.3, -0.25) is 4.79 Å². The van der Waals surface area contributed by atoms with Gasteiger partial charge < -0.3 is 20.7 Å². The fourth-order valence-corrected chi connectivity index (χ4v) is 4.92. The Hall–Kier alpha value is -3.17. The van der Waals surface area contributed by atoms with Crippen molar-refractivity contribution >= 4 is 29.5 Å². The van der Waals surface area contributed by atoms with Crippen LogP contribution in [0.1, 0.15) is 57.3 Å². The summed E-state index contributed by atoms with van der Waals surface area (Å²) in [6.45, 7) is 6.17. The number of anilines is 2. The van der Waals surface area contributed by atoms with E-state index in [-0.39, 0.29) is 11.5 Å². The highest BCUT2D eigenvalue weighted by molar-refractivity contribution is 8.02. The van der Waals surface area contributed by atoms with Gasteiger partial charge in [-0.2, -0.15) is 13.2 Å². The largest absolute Gasteiger partial charge is 0.416 e. The lowest BCUT2D eigenvalue weighted by Gasteiger charge is -2.24.